The van der Waals surface area contributed by atoms with Crippen molar-refractivity contribution in [1.82, 2.24) is 0 Å². The van der Waals surface area contributed by atoms with E-state index in [2.05, 4.69) is 0 Å². The summed E-state index contributed by atoms with van der Waals surface area (Å²) in [6, 6.07) is 9.51. The number of amides is 1. The van der Waals surface area contributed by atoms with E-state index < -0.39 is 23.1 Å². The zero-order chi connectivity index (χ0) is 20.6. The molecule has 0 bridgehead atoms. The lowest BCUT2D eigenvalue weighted by molar-refractivity contribution is -0.123. The van der Waals surface area contributed by atoms with E-state index in [0.717, 1.165) is 0 Å². The number of carbonyl (C=O) groups excluding carboxylic acids is 2. The molecule has 0 radical (unpaired) electrons. The van der Waals surface area contributed by atoms with Crippen LogP contribution in [0.15, 0.2) is 58.4 Å². The second-order valence-electron chi connectivity index (χ2n) is 8.10. The molecule has 0 saturated carbocycles. The van der Waals surface area contributed by atoms with Gasteiger partial charge in [-0.1, -0.05) is 20.8 Å². The quantitative estimate of drug-likeness (QED) is 0.817. The third-order valence-corrected chi connectivity index (χ3v) is 4.43. The molecule has 2 heterocycles. The Hall–Kier alpha value is -3.02. The van der Waals surface area contributed by atoms with Crippen LogP contribution in [0.25, 0.3) is 0 Å². The lowest BCUT2D eigenvalue weighted by Crippen LogP contribution is -2.32. The average Bonchev–Trinajstić information content (AvgIpc) is 3.22. The van der Waals surface area contributed by atoms with Gasteiger partial charge in [0.15, 0.2) is 11.5 Å². The monoisotopic (exact) mass is 383 g/mol. The van der Waals surface area contributed by atoms with Crippen LogP contribution in [0, 0.1) is 5.41 Å². The van der Waals surface area contributed by atoms with Crippen LogP contribution >= 0.6 is 0 Å². The molecule has 1 unspecified atom stereocenters. The lowest BCUT2D eigenvalue weighted by Gasteiger charge is -2.27. The van der Waals surface area contributed by atoms with Crippen LogP contribution in [0.5, 0.6) is 5.75 Å². The Balaban J connectivity index is 2.06. The smallest absolute Gasteiger partial charge is 0.294 e. The van der Waals surface area contributed by atoms with Gasteiger partial charge in [0.25, 0.3) is 5.91 Å². The van der Waals surface area contributed by atoms with Gasteiger partial charge in [-0.15, -0.1) is 0 Å². The SMILES string of the molecule is CC(C)Oc1ccc(N2C(=O)C(O)=C(C(=O)C(C)(C)C)C2c2ccco2)cc1. The summed E-state index contributed by atoms with van der Waals surface area (Å²) in [5.74, 6) is -0.395. The maximum absolute atomic E-state index is 13.0. The van der Waals surface area contributed by atoms with Crippen molar-refractivity contribution < 1.29 is 23.8 Å². The zero-order valence-corrected chi connectivity index (χ0v) is 16.7. The van der Waals surface area contributed by atoms with Gasteiger partial charge in [-0.2, -0.15) is 0 Å². The van der Waals surface area contributed by atoms with Gasteiger partial charge in [0.05, 0.1) is 17.9 Å². The van der Waals surface area contributed by atoms with Crippen LogP contribution in [-0.2, 0) is 9.59 Å². The number of aliphatic hydroxyl groups is 1. The van der Waals surface area contributed by atoms with Crippen molar-refractivity contribution in [2.45, 2.75) is 46.8 Å². The molecule has 6 nitrogen and oxygen atoms in total. The fourth-order valence-electron chi connectivity index (χ4n) is 3.18. The molecule has 1 atom stereocenters. The molecule has 2 aromatic rings. The van der Waals surface area contributed by atoms with E-state index in [0.29, 0.717) is 17.2 Å². The Morgan fingerprint density at radius 1 is 1.18 bits per heavy atom. The van der Waals surface area contributed by atoms with Crippen molar-refractivity contribution >= 4 is 17.4 Å². The minimum Gasteiger partial charge on any atom is -0.503 e. The standard InChI is InChI=1S/C22H25NO5/c1-13(2)28-15-10-8-14(9-11-15)23-18(16-7-6-12-27-16)17(19(24)21(23)26)20(25)22(3,4)5/h6-13,18,24H,1-5H3. The first-order chi connectivity index (χ1) is 13.1. The molecule has 148 valence electrons. The Morgan fingerprint density at radius 3 is 2.32 bits per heavy atom. The molecule has 1 aliphatic rings. The van der Waals surface area contributed by atoms with E-state index in [4.69, 9.17) is 9.15 Å². The topological polar surface area (TPSA) is 80.0 Å². The van der Waals surface area contributed by atoms with Crippen LogP contribution in [-0.4, -0.2) is 22.9 Å². The molecule has 0 spiro atoms. The second kappa shape index (κ2) is 7.19. The zero-order valence-electron chi connectivity index (χ0n) is 16.7. The van der Waals surface area contributed by atoms with Gasteiger partial charge in [-0.05, 0) is 50.2 Å². The lowest BCUT2D eigenvalue weighted by atomic mass is 9.83. The number of rotatable bonds is 5. The molecular formula is C22H25NO5. The number of hydrogen-bond donors (Lipinski definition) is 1. The number of furan rings is 1. The third kappa shape index (κ3) is 3.54. The van der Waals surface area contributed by atoms with Gasteiger partial charge in [0.2, 0.25) is 0 Å². The number of ketones is 1. The Kier molecular flexibility index (Phi) is 5.06. The molecule has 1 aromatic heterocycles. The number of ether oxygens (including phenoxy) is 1. The maximum atomic E-state index is 13.0. The molecule has 1 N–H and O–H groups in total. The van der Waals surface area contributed by atoms with Crippen LogP contribution < -0.4 is 9.64 Å². The first-order valence-electron chi connectivity index (χ1n) is 9.23. The van der Waals surface area contributed by atoms with Gasteiger partial charge in [-0.3, -0.25) is 14.5 Å². The molecule has 28 heavy (non-hydrogen) atoms. The molecule has 0 aliphatic carbocycles. The Labute approximate surface area is 164 Å². The van der Waals surface area contributed by atoms with Gasteiger partial charge >= 0.3 is 0 Å². The van der Waals surface area contributed by atoms with E-state index in [1.807, 2.05) is 13.8 Å². The van der Waals surface area contributed by atoms with Crippen molar-refractivity contribution in [3.05, 3.63) is 59.8 Å². The number of Topliss-reactive ketones (excluding diaryl/α,β-unsaturated/α-hetero) is 1. The maximum Gasteiger partial charge on any atom is 0.294 e. The predicted molar refractivity (Wildman–Crippen MR) is 105 cm³/mol. The van der Waals surface area contributed by atoms with Crippen LogP contribution in [0.4, 0.5) is 5.69 Å². The van der Waals surface area contributed by atoms with Gasteiger partial charge in [-0.25, -0.2) is 0 Å². The van der Waals surface area contributed by atoms with E-state index in [1.54, 1.807) is 57.2 Å². The summed E-state index contributed by atoms with van der Waals surface area (Å²) in [6.45, 7) is 9.11. The Bertz CT molecular complexity index is 901. The van der Waals surface area contributed by atoms with E-state index in [9.17, 15) is 14.7 Å². The number of aliphatic hydroxyl groups excluding tert-OH is 1. The summed E-state index contributed by atoms with van der Waals surface area (Å²) in [5.41, 5.74) is -0.180. The van der Waals surface area contributed by atoms with E-state index in [1.165, 1.54) is 11.2 Å². The van der Waals surface area contributed by atoms with E-state index in [-0.39, 0.29) is 17.5 Å². The Morgan fingerprint density at radius 2 is 1.82 bits per heavy atom. The van der Waals surface area contributed by atoms with Crippen LogP contribution in [0.2, 0.25) is 0 Å². The summed E-state index contributed by atoms with van der Waals surface area (Å²) >= 11 is 0. The largest absolute Gasteiger partial charge is 0.503 e. The third-order valence-electron chi connectivity index (χ3n) is 4.43. The van der Waals surface area contributed by atoms with Crippen molar-refractivity contribution in [2.75, 3.05) is 4.90 Å². The molecule has 0 saturated heterocycles. The normalized spacial score (nSPS) is 17.6. The number of anilines is 1. The molecule has 3 rings (SSSR count). The molecule has 1 aromatic carbocycles. The summed E-state index contributed by atoms with van der Waals surface area (Å²) in [6.07, 6.45) is 1.50. The van der Waals surface area contributed by atoms with Crippen molar-refractivity contribution in [3.63, 3.8) is 0 Å². The minimum absolute atomic E-state index is 0.0249. The van der Waals surface area contributed by atoms with Gasteiger partial charge in [0.1, 0.15) is 17.6 Å². The molecular weight excluding hydrogens is 358 g/mol. The fourth-order valence-corrected chi connectivity index (χ4v) is 3.18. The molecule has 6 heteroatoms. The first-order valence-corrected chi connectivity index (χ1v) is 9.23. The predicted octanol–water partition coefficient (Wildman–Crippen LogP) is 4.58. The molecule has 1 amide bonds. The van der Waals surface area contributed by atoms with Crippen LogP contribution in [0.3, 0.4) is 0 Å². The second-order valence-corrected chi connectivity index (χ2v) is 8.10. The number of hydrogen-bond acceptors (Lipinski definition) is 5. The van der Waals surface area contributed by atoms with Crippen molar-refractivity contribution in [3.8, 4) is 5.75 Å². The fraction of sp³-hybridized carbons (Fsp3) is 0.364. The molecule has 0 fully saturated rings. The summed E-state index contributed by atoms with van der Waals surface area (Å²) in [4.78, 5) is 27.3. The highest BCUT2D eigenvalue weighted by molar-refractivity contribution is 6.17. The highest BCUT2D eigenvalue weighted by Gasteiger charge is 2.47. The van der Waals surface area contributed by atoms with E-state index >= 15 is 0 Å². The van der Waals surface area contributed by atoms with Crippen LogP contribution in [0.1, 0.15) is 46.4 Å². The van der Waals surface area contributed by atoms with Crippen molar-refractivity contribution in [1.29, 1.82) is 0 Å². The number of benzene rings is 1. The summed E-state index contributed by atoms with van der Waals surface area (Å²) < 4.78 is 11.2. The minimum atomic E-state index is -0.828. The first kappa shape index (κ1) is 19.7. The number of nitrogens with zero attached hydrogens (tertiary/aromatic N) is 1. The average molecular weight is 383 g/mol. The van der Waals surface area contributed by atoms with Gasteiger partial charge < -0.3 is 14.3 Å². The van der Waals surface area contributed by atoms with Crippen molar-refractivity contribution in [2.24, 2.45) is 5.41 Å². The van der Waals surface area contributed by atoms with Gasteiger partial charge in [0, 0.05) is 11.1 Å². The number of carbonyl (C=O) groups is 2. The molecule has 1 aliphatic heterocycles. The highest BCUT2D eigenvalue weighted by atomic mass is 16.5. The summed E-state index contributed by atoms with van der Waals surface area (Å²) in [5, 5.41) is 10.6. The summed E-state index contributed by atoms with van der Waals surface area (Å²) in [7, 11) is 0. The highest BCUT2D eigenvalue weighted by Crippen LogP contribution is 2.43.